The van der Waals surface area contributed by atoms with Crippen molar-refractivity contribution < 1.29 is 17.6 Å². The number of carbonyl (C=O) groups excluding carboxylic acids is 1. The van der Waals surface area contributed by atoms with Crippen LogP contribution in [-0.2, 0) is 14.8 Å². The molecule has 0 aliphatic carbocycles. The molecule has 0 saturated carbocycles. The Morgan fingerprint density at radius 3 is 2.22 bits per heavy atom. The SMILES string of the molecule is CCN(CC)S(=O)(=O)c1cc(NCC(=O)Nc2ccc(F)cc2)ccc1C. The number of halogens is 1. The predicted molar refractivity (Wildman–Crippen MR) is 105 cm³/mol. The third-order valence-corrected chi connectivity index (χ3v) is 6.28. The smallest absolute Gasteiger partial charge is 0.243 e. The summed E-state index contributed by atoms with van der Waals surface area (Å²) in [4.78, 5) is 12.2. The Morgan fingerprint density at radius 1 is 1.04 bits per heavy atom. The van der Waals surface area contributed by atoms with E-state index in [9.17, 15) is 17.6 Å². The van der Waals surface area contributed by atoms with E-state index in [1.807, 2.05) is 0 Å². The monoisotopic (exact) mass is 393 g/mol. The van der Waals surface area contributed by atoms with E-state index in [1.165, 1.54) is 34.6 Å². The number of benzene rings is 2. The van der Waals surface area contributed by atoms with Crippen LogP contribution in [0.15, 0.2) is 47.4 Å². The van der Waals surface area contributed by atoms with Gasteiger partial charge in [0.05, 0.1) is 11.4 Å². The molecule has 0 unspecified atom stereocenters. The largest absolute Gasteiger partial charge is 0.376 e. The first kappa shape index (κ1) is 20.9. The van der Waals surface area contributed by atoms with E-state index in [1.54, 1.807) is 32.9 Å². The highest BCUT2D eigenvalue weighted by Crippen LogP contribution is 2.23. The summed E-state index contributed by atoms with van der Waals surface area (Å²) in [6.07, 6.45) is 0. The second-order valence-corrected chi connectivity index (χ2v) is 7.88. The van der Waals surface area contributed by atoms with E-state index in [-0.39, 0.29) is 23.2 Å². The van der Waals surface area contributed by atoms with Crippen molar-refractivity contribution in [1.29, 1.82) is 0 Å². The molecule has 0 spiro atoms. The summed E-state index contributed by atoms with van der Waals surface area (Å²) in [7, 11) is -3.59. The van der Waals surface area contributed by atoms with Crippen molar-refractivity contribution in [3.63, 3.8) is 0 Å². The number of amides is 1. The number of nitrogens with zero attached hydrogens (tertiary/aromatic N) is 1. The van der Waals surface area contributed by atoms with Crippen LogP contribution in [0.4, 0.5) is 15.8 Å². The first-order valence-corrected chi connectivity index (χ1v) is 10.1. The number of nitrogens with one attached hydrogen (secondary N) is 2. The van der Waals surface area contributed by atoms with Gasteiger partial charge in [0.15, 0.2) is 0 Å². The highest BCUT2D eigenvalue weighted by molar-refractivity contribution is 7.89. The zero-order valence-corrected chi connectivity index (χ0v) is 16.4. The third-order valence-electron chi connectivity index (χ3n) is 4.09. The zero-order valence-electron chi connectivity index (χ0n) is 15.6. The van der Waals surface area contributed by atoms with Gasteiger partial charge in [-0.25, -0.2) is 12.8 Å². The minimum Gasteiger partial charge on any atom is -0.376 e. The Kier molecular flexibility index (Phi) is 6.92. The summed E-state index contributed by atoms with van der Waals surface area (Å²) in [5, 5.41) is 5.56. The number of hydrogen-bond donors (Lipinski definition) is 2. The molecule has 2 aromatic carbocycles. The van der Waals surface area contributed by atoms with Crippen molar-refractivity contribution in [2.45, 2.75) is 25.7 Å². The summed E-state index contributed by atoms with van der Waals surface area (Å²) >= 11 is 0. The van der Waals surface area contributed by atoms with E-state index in [4.69, 9.17) is 0 Å². The van der Waals surface area contributed by atoms with Gasteiger partial charge in [0.25, 0.3) is 0 Å². The van der Waals surface area contributed by atoms with Crippen molar-refractivity contribution in [2.75, 3.05) is 30.3 Å². The van der Waals surface area contributed by atoms with Gasteiger partial charge in [-0.1, -0.05) is 19.9 Å². The molecule has 0 aliphatic heterocycles. The van der Waals surface area contributed by atoms with Crippen LogP contribution in [0.1, 0.15) is 19.4 Å². The summed E-state index contributed by atoms with van der Waals surface area (Å²) in [6, 6.07) is 10.4. The number of carbonyl (C=O) groups is 1. The minimum atomic E-state index is -3.59. The molecule has 0 radical (unpaired) electrons. The van der Waals surface area contributed by atoms with Gasteiger partial charge in [-0.15, -0.1) is 0 Å². The lowest BCUT2D eigenvalue weighted by Gasteiger charge is -2.20. The molecule has 0 aromatic heterocycles. The van der Waals surface area contributed by atoms with Gasteiger partial charge < -0.3 is 10.6 Å². The average molecular weight is 393 g/mol. The number of aryl methyl sites for hydroxylation is 1. The van der Waals surface area contributed by atoms with Crippen LogP contribution < -0.4 is 10.6 Å². The Labute approximate surface area is 159 Å². The first-order valence-electron chi connectivity index (χ1n) is 8.68. The molecule has 2 aromatic rings. The van der Waals surface area contributed by atoms with E-state index in [2.05, 4.69) is 10.6 Å². The summed E-state index contributed by atoms with van der Waals surface area (Å²) < 4.78 is 39.8. The van der Waals surface area contributed by atoms with E-state index >= 15 is 0 Å². The fraction of sp³-hybridized carbons (Fsp3) is 0.316. The molecule has 0 heterocycles. The zero-order chi connectivity index (χ0) is 20.0. The lowest BCUT2D eigenvalue weighted by atomic mass is 10.2. The predicted octanol–water partition coefficient (Wildman–Crippen LogP) is 3.22. The van der Waals surface area contributed by atoms with Crippen LogP contribution in [-0.4, -0.2) is 38.3 Å². The molecular formula is C19H24FN3O3S. The summed E-state index contributed by atoms with van der Waals surface area (Å²) in [6.45, 7) is 6.04. The minimum absolute atomic E-state index is 0.0504. The summed E-state index contributed by atoms with van der Waals surface area (Å²) in [5.74, 6) is -0.706. The maximum Gasteiger partial charge on any atom is 0.243 e. The fourth-order valence-corrected chi connectivity index (χ4v) is 4.32. The highest BCUT2D eigenvalue weighted by atomic mass is 32.2. The normalized spacial score (nSPS) is 11.4. The van der Waals surface area contributed by atoms with Crippen molar-refractivity contribution in [2.24, 2.45) is 0 Å². The van der Waals surface area contributed by atoms with Gasteiger partial charge >= 0.3 is 0 Å². The van der Waals surface area contributed by atoms with Gasteiger partial charge in [-0.2, -0.15) is 4.31 Å². The molecule has 0 fully saturated rings. The molecule has 6 nitrogen and oxygen atoms in total. The molecule has 1 amide bonds. The molecule has 0 saturated heterocycles. The topological polar surface area (TPSA) is 78.5 Å². The molecular weight excluding hydrogens is 369 g/mol. The van der Waals surface area contributed by atoms with Crippen molar-refractivity contribution in [3.8, 4) is 0 Å². The van der Waals surface area contributed by atoms with Gasteiger partial charge in [0.2, 0.25) is 15.9 Å². The first-order chi connectivity index (χ1) is 12.8. The quantitative estimate of drug-likeness (QED) is 0.722. The van der Waals surface area contributed by atoms with Crippen LogP contribution in [0.2, 0.25) is 0 Å². The molecule has 146 valence electrons. The fourth-order valence-electron chi connectivity index (χ4n) is 2.61. The second-order valence-electron chi connectivity index (χ2n) is 5.98. The molecule has 0 atom stereocenters. The lowest BCUT2D eigenvalue weighted by Crippen LogP contribution is -2.31. The molecule has 2 rings (SSSR count). The van der Waals surface area contributed by atoms with Crippen molar-refractivity contribution in [1.82, 2.24) is 4.31 Å². The summed E-state index contributed by atoms with van der Waals surface area (Å²) in [5.41, 5.74) is 1.65. The standard InChI is InChI=1S/C19H24FN3O3S/c1-4-23(5-2)27(25,26)18-12-17(9-6-14(18)3)21-13-19(24)22-16-10-7-15(20)8-11-16/h6-12,21H,4-5,13H2,1-3H3,(H,22,24). The maximum absolute atomic E-state index is 12.9. The highest BCUT2D eigenvalue weighted by Gasteiger charge is 2.23. The molecule has 2 N–H and O–H groups in total. The van der Waals surface area contributed by atoms with Gasteiger partial charge in [-0.3, -0.25) is 4.79 Å². The molecule has 0 bridgehead atoms. The number of hydrogen-bond acceptors (Lipinski definition) is 4. The molecule has 27 heavy (non-hydrogen) atoms. The third kappa shape index (κ3) is 5.27. The van der Waals surface area contributed by atoms with Crippen LogP contribution in [0.5, 0.6) is 0 Å². The van der Waals surface area contributed by atoms with E-state index in [0.717, 1.165) is 0 Å². The van der Waals surface area contributed by atoms with Gasteiger partial charge in [0.1, 0.15) is 5.82 Å². The molecule has 8 heteroatoms. The number of sulfonamides is 1. The Balaban J connectivity index is 2.09. The van der Waals surface area contributed by atoms with Crippen LogP contribution in [0, 0.1) is 12.7 Å². The van der Waals surface area contributed by atoms with E-state index in [0.29, 0.717) is 30.0 Å². The van der Waals surface area contributed by atoms with E-state index < -0.39 is 10.0 Å². The van der Waals surface area contributed by atoms with Crippen LogP contribution >= 0.6 is 0 Å². The van der Waals surface area contributed by atoms with Crippen LogP contribution in [0.3, 0.4) is 0 Å². The van der Waals surface area contributed by atoms with Crippen molar-refractivity contribution >= 4 is 27.3 Å². The number of anilines is 2. The second kappa shape index (κ2) is 8.96. The number of rotatable bonds is 8. The maximum atomic E-state index is 12.9. The average Bonchev–Trinajstić information content (AvgIpc) is 2.63. The van der Waals surface area contributed by atoms with Crippen LogP contribution in [0.25, 0.3) is 0 Å². The van der Waals surface area contributed by atoms with Gasteiger partial charge in [-0.05, 0) is 48.9 Å². The Hall–Kier alpha value is -2.45. The van der Waals surface area contributed by atoms with Gasteiger partial charge in [0, 0.05) is 24.5 Å². The molecule has 0 aliphatic rings. The van der Waals surface area contributed by atoms with Crippen molar-refractivity contribution in [3.05, 3.63) is 53.8 Å². The Bertz CT molecular complexity index is 895. The Morgan fingerprint density at radius 2 is 1.63 bits per heavy atom. The lowest BCUT2D eigenvalue weighted by molar-refractivity contribution is -0.114.